The molecule has 0 aliphatic heterocycles. The maximum absolute atomic E-state index is 11.5. The van der Waals surface area contributed by atoms with Gasteiger partial charge in [0.15, 0.2) is 0 Å². The first-order chi connectivity index (χ1) is 11.8. The van der Waals surface area contributed by atoms with E-state index in [1.165, 1.54) is 89.9 Å². The Bertz CT molecular complexity index is 259. The average Bonchev–Trinajstić information content (AvgIpc) is 2.59. The second-order valence-corrected chi connectivity index (χ2v) is 7.80. The van der Waals surface area contributed by atoms with Gasteiger partial charge in [-0.1, -0.05) is 104 Å². The van der Waals surface area contributed by atoms with E-state index in [0.717, 1.165) is 12.8 Å². The quantitative estimate of drug-likeness (QED) is 0.163. The van der Waals surface area contributed by atoms with E-state index in [1.54, 1.807) is 0 Å². The van der Waals surface area contributed by atoms with E-state index in [1.807, 2.05) is 0 Å². The second kappa shape index (κ2) is 21.1. The van der Waals surface area contributed by atoms with Gasteiger partial charge in [-0.3, -0.25) is 0 Å². The summed E-state index contributed by atoms with van der Waals surface area (Å²) < 4.78 is 22.0. The van der Waals surface area contributed by atoms with E-state index in [4.69, 9.17) is 9.05 Å². The number of hydrogen-bond acceptors (Lipinski definition) is 3. The number of hydrogen-bond donors (Lipinski definition) is 0. The summed E-state index contributed by atoms with van der Waals surface area (Å²) in [5.74, 6) is 0. The molecule has 3 nitrogen and oxygen atoms in total. The van der Waals surface area contributed by atoms with Crippen molar-refractivity contribution in [1.29, 1.82) is 0 Å². The van der Waals surface area contributed by atoms with Gasteiger partial charge in [-0.25, -0.2) is 0 Å². The van der Waals surface area contributed by atoms with E-state index < -0.39 is 8.25 Å². The van der Waals surface area contributed by atoms with E-state index in [2.05, 4.69) is 13.8 Å². The summed E-state index contributed by atoms with van der Waals surface area (Å²) in [7, 11) is -1.89. The fourth-order valence-electron chi connectivity index (χ4n) is 2.79. The Morgan fingerprint density at radius 3 is 1.12 bits per heavy atom. The van der Waals surface area contributed by atoms with Crippen LogP contribution in [0, 0.1) is 0 Å². The molecule has 0 spiro atoms. The van der Waals surface area contributed by atoms with Crippen molar-refractivity contribution in [2.75, 3.05) is 13.2 Å². The zero-order chi connectivity index (χ0) is 17.7. The minimum Gasteiger partial charge on any atom is -0.119 e. The van der Waals surface area contributed by atoms with Crippen molar-refractivity contribution < 1.29 is 13.6 Å². The Morgan fingerprint density at radius 2 is 0.792 bits per heavy atom. The molecule has 0 aromatic heterocycles. The molecule has 24 heavy (non-hydrogen) atoms. The lowest BCUT2D eigenvalue weighted by Gasteiger charge is -2.01. The summed E-state index contributed by atoms with van der Waals surface area (Å²) >= 11 is 0. The largest absolute Gasteiger partial charge is 0.697 e. The molecule has 0 heterocycles. The maximum atomic E-state index is 11.5. The van der Waals surface area contributed by atoms with E-state index >= 15 is 0 Å². The Labute approximate surface area is 152 Å². The monoisotopic (exact) mass is 361 g/mol. The summed E-state index contributed by atoms with van der Waals surface area (Å²) in [5.41, 5.74) is 0. The van der Waals surface area contributed by atoms with Crippen LogP contribution in [0.2, 0.25) is 0 Å². The van der Waals surface area contributed by atoms with Gasteiger partial charge in [0, 0.05) is 4.57 Å². The lowest BCUT2D eigenvalue weighted by molar-refractivity contribution is 0.218. The molecule has 1 atom stereocenters. The predicted octanol–water partition coefficient (Wildman–Crippen LogP) is 7.96. The van der Waals surface area contributed by atoms with Gasteiger partial charge in [0.2, 0.25) is 0 Å². The molecule has 0 amide bonds. The van der Waals surface area contributed by atoms with Gasteiger partial charge in [0.1, 0.15) is 13.2 Å². The van der Waals surface area contributed by atoms with Crippen LogP contribution < -0.4 is 0 Å². The first-order valence-electron chi connectivity index (χ1n) is 10.5. The van der Waals surface area contributed by atoms with Gasteiger partial charge in [0.05, 0.1) is 0 Å². The van der Waals surface area contributed by atoms with E-state index in [0.29, 0.717) is 13.2 Å². The third-order valence-electron chi connectivity index (χ3n) is 4.39. The topological polar surface area (TPSA) is 35.5 Å². The van der Waals surface area contributed by atoms with Gasteiger partial charge in [-0.2, -0.15) is 0 Å². The van der Waals surface area contributed by atoms with Gasteiger partial charge < -0.3 is 0 Å². The minimum atomic E-state index is -1.89. The summed E-state index contributed by atoms with van der Waals surface area (Å²) in [6.45, 7) is 5.62. The summed E-state index contributed by atoms with van der Waals surface area (Å²) in [4.78, 5) is 0. The highest BCUT2D eigenvalue weighted by Crippen LogP contribution is 2.24. The molecule has 4 heteroatoms. The van der Waals surface area contributed by atoms with E-state index in [9.17, 15) is 4.57 Å². The maximum Gasteiger partial charge on any atom is 0.697 e. The Hall–Kier alpha value is 0.0200. The molecule has 0 fully saturated rings. The molecular formula is C20H42O3P+. The zero-order valence-corrected chi connectivity index (χ0v) is 17.3. The van der Waals surface area contributed by atoms with Crippen LogP contribution in [-0.4, -0.2) is 13.2 Å². The third kappa shape index (κ3) is 20.1. The molecule has 0 aromatic rings. The Morgan fingerprint density at radius 1 is 0.500 bits per heavy atom. The highest BCUT2D eigenvalue weighted by molar-refractivity contribution is 7.33. The summed E-state index contributed by atoms with van der Waals surface area (Å²) in [6, 6.07) is 0. The van der Waals surface area contributed by atoms with Crippen LogP contribution in [0.15, 0.2) is 0 Å². The van der Waals surface area contributed by atoms with Gasteiger partial charge in [-0.15, -0.1) is 9.05 Å². The fourth-order valence-corrected chi connectivity index (χ4v) is 3.42. The summed E-state index contributed by atoms with van der Waals surface area (Å²) in [5, 5.41) is 0. The fraction of sp³-hybridized carbons (Fsp3) is 1.00. The lowest BCUT2D eigenvalue weighted by atomic mass is 10.1. The number of rotatable bonds is 20. The van der Waals surface area contributed by atoms with Crippen LogP contribution in [0.1, 0.15) is 117 Å². The molecule has 1 unspecified atom stereocenters. The minimum absolute atomic E-state index is 0.569. The van der Waals surface area contributed by atoms with Crippen LogP contribution in [0.5, 0.6) is 0 Å². The Balaban J connectivity index is 3.12. The van der Waals surface area contributed by atoms with E-state index in [-0.39, 0.29) is 0 Å². The highest BCUT2D eigenvalue weighted by atomic mass is 31.1. The smallest absolute Gasteiger partial charge is 0.119 e. The molecule has 0 aliphatic carbocycles. The molecule has 144 valence electrons. The first kappa shape index (κ1) is 24.0. The van der Waals surface area contributed by atoms with Gasteiger partial charge >= 0.3 is 8.25 Å². The molecule has 0 rings (SSSR count). The van der Waals surface area contributed by atoms with Crippen molar-refractivity contribution in [3.05, 3.63) is 0 Å². The molecule has 0 saturated heterocycles. The number of unbranched alkanes of at least 4 members (excludes halogenated alkanes) is 14. The van der Waals surface area contributed by atoms with Crippen molar-refractivity contribution in [3.63, 3.8) is 0 Å². The van der Waals surface area contributed by atoms with Crippen LogP contribution >= 0.6 is 8.25 Å². The van der Waals surface area contributed by atoms with Crippen molar-refractivity contribution in [1.82, 2.24) is 0 Å². The Kier molecular flexibility index (Phi) is 21.1. The second-order valence-electron chi connectivity index (χ2n) is 6.84. The van der Waals surface area contributed by atoms with Gasteiger partial charge in [0.25, 0.3) is 0 Å². The predicted molar refractivity (Wildman–Crippen MR) is 105 cm³/mol. The SMILES string of the molecule is CCCCCCCCCCCCO[P+](=O)OCCCCCCCC. The average molecular weight is 362 g/mol. The van der Waals surface area contributed by atoms with Crippen molar-refractivity contribution in [3.8, 4) is 0 Å². The molecule has 0 radical (unpaired) electrons. The zero-order valence-electron chi connectivity index (χ0n) is 16.4. The van der Waals surface area contributed by atoms with Crippen molar-refractivity contribution in [2.45, 2.75) is 117 Å². The summed E-state index contributed by atoms with van der Waals surface area (Å²) in [6.07, 6.45) is 20.3. The lowest BCUT2D eigenvalue weighted by Crippen LogP contribution is -1.92. The van der Waals surface area contributed by atoms with Crippen molar-refractivity contribution in [2.24, 2.45) is 0 Å². The molecule has 0 aliphatic rings. The molecule has 0 aromatic carbocycles. The standard InChI is InChI=1S/C20H42O3P/c1-3-5-7-9-11-12-13-14-16-18-20-23-24(21)22-19-17-15-10-8-6-4-2/h3-20H2,1-2H3/q+1. The first-order valence-corrected chi connectivity index (χ1v) is 11.6. The van der Waals surface area contributed by atoms with Crippen LogP contribution in [0.3, 0.4) is 0 Å². The van der Waals surface area contributed by atoms with Crippen LogP contribution in [0.25, 0.3) is 0 Å². The molecule has 0 saturated carbocycles. The van der Waals surface area contributed by atoms with Crippen molar-refractivity contribution >= 4 is 8.25 Å². The third-order valence-corrected chi connectivity index (χ3v) is 5.18. The normalized spacial score (nSPS) is 11.8. The van der Waals surface area contributed by atoms with Crippen LogP contribution in [0.4, 0.5) is 0 Å². The highest BCUT2D eigenvalue weighted by Gasteiger charge is 2.18. The molecule has 0 N–H and O–H groups in total. The van der Waals surface area contributed by atoms with Crippen LogP contribution in [-0.2, 0) is 13.6 Å². The van der Waals surface area contributed by atoms with Gasteiger partial charge in [-0.05, 0) is 12.8 Å². The molecular weight excluding hydrogens is 319 g/mol. The molecule has 0 bridgehead atoms.